The number of carbonyl (C=O) groups is 1. The average molecular weight is 341 g/mol. The first-order valence-corrected chi connectivity index (χ1v) is 7.84. The summed E-state index contributed by atoms with van der Waals surface area (Å²) in [5, 5.41) is 14.5. The number of nitrogens with zero attached hydrogens (tertiary/aromatic N) is 2. The summed E-state index contributed by atoms with van der Waals surface area (Å²) in [4.78, 5) is 20.4. The molecule has 0 saturated carbocycles. The van der Waals surface area contributed by atoms with Crippen LogP contribution in [0.25, 0.3) is 0 Å². The topological polar surface area (TPSA) is 122 Å². The first-order chi connectivity index (χ1) is 12.1. The summed E-state index contributed by atoms with van der Waals surface area (Å²) >= 11 is 0. The predicted octanol–water partition coefficient (Wildman–Crippen LogP) is 2.14. The van der Waals surface area contributed by atoms with Crippen molar-refractivity contribution in [2.24, 2.45) is 4.99 Å². The number of amides is 1. The largest absolute Gasteiger partial charge is 0.447 e. The van der Waals surface area contributed by atoms with E-state index in [9.17, 15) is 4.79 Å². The van der Waals surface area contributed by atoms with Crippen LogP contribution in [-0.4, -0.2) is 41.2 Å². The van der Waals surface area contributed by atoms with Gasteiger partial charge in [-0.3, -0.25) is 5.32 Å². The van der Waals surface area contributed by atoms with Crippen molar-refractivity contribution in [3.05, 3.63) is 42.0 Å². The lowest BCUT2D eigenvalue weighted by atomic mass is 10.0. The highest BCUT2D eigenvalue weighted by molar-refractivity contribution is 6.10. The average Bonchev–Trinajstić information content (AvgIpc) is 2.60. The molecule has 8 nitrogen and oxygen atoms in total. The van der Waals surface area contributed by atoms with Crippen LogP contribution >= 0.6 is 0 Å². The molecule has 0 saturated heterocycles. The van der Waals surface area contributed by atoms with Crippen molar-refractivity contribution in [1.29, 1.82) is 0 Å². The number of nitrogens with one attached hydrogen (secondary N) is 2. The van der Waals surface area contributed by atoms with Crippen LogP contribution in [0.15, 0.2) is 41.4 Å². The van der Waals surface area contributed by atoms with Crippen LogP contribution in [0.3, 0.4) is 0 Å². The fraction of sp³-hybridized carbons (Fsp3) is 0.235. The van der Waals surface area contributed by atoms with E-state index in [2.05, 4.69) is 20.6 Å². The zero-order chi connectivity index (χ0) is 17.8. The van der Waals surface area contributed by atoms with Crippen LogP contribution in [0.1, 0.15) is 12.5 Å². The lowest BCUT2D eigenvalue weighted by Gasteiger charge is -2.25. The van der Waals surface area contributed by atoms with E-state index in [0.29, 0.717) is 11.4 Å². The van der Waals surface area contributed by atoms with Gasteiger partial charge in [-0.1, -0.05) is 30.3 Å². The van der Waals surface area contributed by atoms with Crippen molar-refractivity contribution < 1.29 is 14.6 Å². The van der Waals surface area contributed by atoms with Gasteiger partial charge < -0.3 is 20.9 Å². The van der Waals surface area contributed by atoms with Gasteiger partial charge in [0.15, 0.2) is 5.82 Å². The lowest BCUT2D eigenvalue weighted by molar-refractivity contribution is 0.131. The van der Waals surface area contributed by atoms with Gasteiger partial charge in [-0.25, -0.2) is 14.8 Å². The van der Waals surface area contributed by atoms with Gasteiger partial charge in [0.25, 0.3) is 0 Å². The summed E-state index contributed by atoms with van der Waals surface area (Å²) < 4.78 is 4.75. The Kier molecular flexibility index (Phi) is 4.80. The number of rotatable bonds is 4. The van der Waals surface area contributed by atoms with Gasteiger partial charge in [0.2, 0.25) is 0 Å². The predicted molar refractivity (Wildman–Crippen MR) is 96.4 cm³/mol. The second-order valence-electron chi connectivity index (χ2n) is 5.50. The van der Waals surface area contributed by atoms with Gasteiger partial charge >= 0.3 is 6.09 Å². The summed E-state index contributed by atoms with van der Waals surface area (Å²) in [5.41, 5.74) is 9.09. The Hall–Kier alpha value is -3.13. The molecule has 5 N–H and O–H groups in total. The molecule has 1 amide bonds. The minimum absolute atomic E-state index is 0.0362. The maximum absolute atomic E-state index is 11.6. The van der Waals surface area contributed by atoms with E-state index in [1.54, 1.807) is 6.07 Å². The van der Waals surface area contributed by atoms with Gasteiger partial charge in [-0.2, -0.15) is 0 Å². The Balaban J connectivity index is 1.89. The van der Waals surface area contributed by atoms with Gasteiger partial charge in [0.05, 0.1) is 24.0 Å². The standard InChI is InChI=1S/C17H19N5O3/c1-10-14(11-5-3-2-4-6-11)22-15-12(19-10)9-13(20-16(15)18)21-17(24)25-8-7-23/h2-6,9-10,19,23H,7-8H2,1H3,(H3,18,20,21,24)/t10-/m0/s1. The summed E-state index contributed by atoms with van der Waals surface area (Å²) in [6.07, 6.45) is -0.710. The van der Waals surface area contributed by atoms with Crippen LogP contribution < -0.4 is 16.4 Å². The number of aliphatic hydroxyl groups excluding tert-OH is 1. The molecule has 8 heteroatoms. The number of pyridine rings is 1. The molecular formula is C17H19N5O3. The molecular weight excluding hydrogens is 322 g/mol. The zero-order valence-electron chi connectivity index (χ0n) is 13.7. The van der Waals surface area contributed by atoms with E-state index in [1.807, 2.05) is 37.3 Å². The van der Waals surface area contributed by atoms with Crippen LogP contribution in [0.4, 0.5) is 27.8 Å². The molecule has 130 valence electrons. The third-order valence-corrected chi connectivity index (χ3v) is 3.66. The van der Waals surface area contributed by atoms with Crippen LogP contribution in [0.2, 0.25) is 0 Å². The van der Waals surface area contributed by atoms with E-state index < -0.39 is 6.09 Å². The third-order valence-electron chi connectivity index (χ3n) is 3.66. The van der Waals surface area contributed by atoms with Crippen LogP contribution in [0, 0.1) is 0 Å². The number of nitrogen functional groups attached to an aromatic ring is 1. The van der Waals surface area contributed by atoms with E-state index in [4.69, 9.17) is 15.6 Å². The second-order valence-corrected chi connectivity index (χ2v) is 5.50. The van der Waals surface area contributed by atoms with Crippen molar-refractivity contribution in [3.8, 4) is 0 Å². The Morgan fingerprint density at radius 3 is 2.88 bits per heavy atom. The van der Waals surface area contributed by atoms with Gasteiger partial charge in [-0.15, -0.1) is 0 Å². The molecule has 3 rings (SSSR count). The molecule has 0 aliphatic carbocycles. The highest BCUT2D eigenvalue weighted by atomic mass is 16.6. The Morgan fingerprint density at radius 1 is 1.40 bits per heavy atom. The normalized spacial score (nSPS) is 15.6. The fourth-order valence-corrected chi connectivity index (χ4v) is 2.57. The Bertz CT molecular complexity index is 807. The number of anilines is 3. The number of aromatic nitrogens is 1. The summed E-state index contributed by atoms with van der Waals surface area (Å²) in [5.74, 6) is 0.444. The maximum atomic E-state index is 11.6. The fourth-order valence-electron chi connectivity index (χ4n) is 2.57. The number of fused-ring (bicyclic) bond motifs is 1. The number of ether oxygens (including phenoxy) is 1. The maximum Gasteiger partial charge on any atom is 0.412 e. The monoisotopic (exact) mass is 341 g/mol. The zero-order valence-corrected chi connectivity index (χ0v) is 13.7. The summed E-state index contributed by atoms with van der Waals surface area (Å²) in [6.45, 7) is 1.66. The smallest absolute Gasteiger partial charge is 0.412 e. The molecule has 0 unspecified atom stereocenters. The first-order valence-electron chi connectivity index (χ1n) is 7.84. The summed E-state index contributed by atoms with van der Waals surface area (Å²) in [7, 11) is 0. The number of benzene rings is 1. The van der Waals surface area contributed by atoms with Crippen LogP contribution in [-0.2, 0) is 4.74 Å². The Morgan fingerprint density at radius 2 is 2.16 bits per heavy atom. The SMILES string of the molecule is C[C@@H]1Nc2cc(NC(=O)OCCO)nc(N)c2N=C1c1ccccc1. The number of hydrogen-bond acceptors (Lipinski definition) is 7. The minimum atomic E-state index is -0.710. The molecule has 25 heavy (non-hydrogen) atoms. The first kappa shape index (κ1) is 16.7. The molecule has 1 aromatic heterocycles. The molecule has 0 spiro atoms. The second kappa shape index (κ2) is 7.18. The molecule has 2 heterocycles. The van der Waals surface area contributed by atoms with Gasteiger partial charge in [-0.05, 0) is 12.5 Å². The molecule has 1 aliphatic heterocycles. The number of aliphatic hydroxyl groups is 1. The molecule has 1 aromatic carbocycles. The minimum Gasteiger partial charge on any atom is -0.447 e. The number of carbonyl (C=O) groups excluding carboxylic acids is 1. The van der Waals surface area contributed by atoms with E-state index >= 15 is 0 Å². The lowest BCUT2D eigenvalue weighted by Crippen LogP contribution is -2.30. The molecule has 1 aliphatic rings. The Labute approximate surface area is 144 Å². The van der Waals surface area contributed by atoms with Crippen molar-refractivity contribution in [2.45, 2.75) is 13.0 Å². The van der Waals surface area contributed by atoms with Crippen molar-refractivity contribution in [3.63, 3.8) is 0 Å². The van der Waals surface area contributed by atoms with E-state index in [1.165, 1.54) is 0 Å². The molecule has 2 aromatic rings. The number of aliphatic imine (C=N–C) groups is 1. The van der Waals surface area contributed by atoms with Crippen LogP contribution in [0.5, 0.6) is 0 Å². The van der Waals surface area contributed by atoms with Crippen molar-refractivity contribution in [2.75, 3.05) is 29.6 Å². The molecule has 1 atom stereocenters. The number of hydrogen-bond donors (Lipinski definition) is 4. The van der Waals surface area contributed by atoms with Gasteiger partial charge in [0.1, 0.15) is 18.1 Å². The third kappa shape index (κ3) is 3.69. The quantitative estimate of drug-likeness (QED) is 0.676. The molecule has 0 radical (unpaired) electrons. The van der Waals surface area contributed by atoms with E-state index in [0.717, 1.165) is 11.3 Å². The van der Waals surface area contributed by atoms with E-state index in [-0.39, 0.29) is 30.9 Å². The molecule has 0 bridgehead atoms. The highest BCUT2D eigenvalue weighted by Crippen LogP contribution is 2.37. The van der Waals surface area contributed by atoms with Crippen molar-refractivity contribution >= 4 is 34.8 Å². The highest BCUT2D eigenvalue weighted by Gasteiger charge is 2.23. The number of nitrogens with two attached hydrogens (primary N) is 1. The summed E-state index contributed by atoms with van der Waals surface area (Å²) in [6, 6.07) is 11.4. The van der Waals surface area contributed by atoms with Crippen molar-refractivity contribution in [1.82, 2.24) is 4.98 Å². The molecule has 0 fully saturated rings. The van der Waals surface area contributed by atoms with Gasteiger partial charge in [0, 0.05) is 6.07 Å².